The Labute approximate surface area is 170 Å². The van der Waals surface area contributed by atoms with E-state index in [0.29, 0.717) is 18.1 Å². The van der Waals surface area contributed by atoms with Crippen LogP contribution in [0.1, 0.15) is 11.6 Å². The van der Waals surface area contributed by atoms with Crippen molar-refractivity contribution in [2.24, 2.45) is 0 Å². The van der Waals surface area contributed by atoms with Crippen LogP contribution in [0.2, 0.25) is 0 Å². The summed E-state index contributed by atoms with van der Waals surface area (Å²) in [5.41, 5.74) is 2.61. The number of urea groups is 1. The Morgan fingerprint density at radius 1 is 1.03 bits per heavy atom. The lowest BCUT2D eigenvalue weighted by atomic mass is 10.1. The molecule has 2 aromatic carbocycles. The van der Waals surface area contributed by atoms with Crippen LogP contribution in [0.3, 0.4) is 0 Å². The molecule has 0 fully saturated rings. The average molecular weight is 394 g/mol. The highest BCUT2D eigenvalue weighted by Crippen LogP contribution is 2.22. The van der Waals surface area contributed by atoms with Gasteiger partial charge in [-0.15, -0.1) is 0 Å². The average Bonchev–Trinajstić information content (AvgIpc) is 2.73. The van der Waals surface area contributed by atoms with Crippen molar-refractivity contribution in [1.82, 2.24) is 15.2 Å². The van der Waals surface area contributed by atoms with Gasteiger partial charge in [-0.05, 0) is 56.1 Å². The van der Waals surface area contributed by atoms with E-state index in [2.05, 4.69) is 20.5 Å². The third kappa shape index (κ3) is 5.14. The van der Waals surface area contributed by atoms with Gasteiger partial charge < -0.3 is 25.0 Å². The molecule has 2 N–H and O–H groups in total. The Kier molecular flexibility index (Phi) is 6.51. The zero-order chi connectivity index (χ0) is 20.8. The molecule has 7 nitrogen and oxygen atoms in total. The number of benzene rings is 2. The van der Waals surface area contributed by atoms with E-state index in [0.717, 1.165) is 22.2 Å². The number of hydrogen-bond donors (Lipinski definition) is 2. The fraction of sp³-hybridized carbons (Fsp3) is 0.273. The Hall–Kier alpha value is -3.32. The molecule has 0 spiro atoms. The molecule has 152 valence electrons. The minimum Gasteiger partial charge on any atom is -0.497 e. The van der Waals surface area contributed by atoms with Gasteiger partial charge in [0.25, 0.3) is 0 Å². The number of aromatic nitrogens is 1. The van der Waals surface area contributed by atoms with Gasteiger partial charge in [-0.1, -0.05) is 12.1 Å². The number of anilines is 1. The van der Waals surface area contributed by atoms with Crippen molar-refractivity contribution in [2.45, 2.75) is 6.04 Å². The highest BCUT2D eigenvalue weighted by atomic mass is 16.5. The van der Waals surface area contributed by atoms with Crippen LogP contribution in [0.5, 0.6) is 11.6 Å². The third-order valence-electron chi connectivity index (χ3n) is 4.71. The number of likely N-dealkylation sites (N-methyl/N-ethyl adjacent to an activating group) is 1. The van der Waals surface area contributed by atoms with Crippen LogP contribution in [-0.4, -0.2) is 50.8 Å². The lowest BCUT2D eigenvalue weighted by molar-refractivity contribution is 0.243. The summed E-state index contributed by atoms with van der Waals surface area (Å²) in [6, 6.07) is 16.9. The van der Waals surface area contributed by atoms with Gasteiger partial charge in [0.15, 0.2) is 0 Å². The van der Waals surface area contributed by atoms with Crippen molar-refractivity contribution in [3.05, 3.63) is 60.2 Å². The summed E-state index contributed by atoms with van der Waals surface area (Å²) in [5, 5.41) is 6.75. The van der Waals surface area contributed by atoms with Crippen molar-refractivity contribution >= 4 is 22.6 Å². The van der Waals surface area contributed by atoms with Crippen LogP contribution in [-0.2, 0) is 0 Å². The van der Waals surface area contributed by atoms with Crippen LogP contribution in [0.25, 0.3) is 10.9 Å². The second kappa shape index (κ2) is 9.25. The molecule has 3 aromatic rings. The van der Waals surface area contributed by atoms with E-state index >= 15 is 0 Å². The molecule has 1 aromatic heterocycles. The molecule has 0 radical (unpaired) electrons. The van der Waals surface area contributed by atoms with Gasteiger partial charge >= 0.3 is 6.03 Å². The molecule has 3 rings (SSSR count). The van der Waals surface area contributed by atoms with E-state index in [9.17, 15) is 4.79 Å². The molecule has 1 heterocycles. The van der Waals surface area contributed by atoms with Gasteiger partial charge in [0, 0.05) is 23.7 Å². The number of hydrogen-bond acceptors (Lipinski definition) is 5. The summed E-state index contributed by atoms with van der Waals surface area (Å²) >= 11 is 0. The van der Waals surface area contributed by atoms with Crippen LogP contribution in [0, 0.1) is 0 Å². The van der Waals surface area contributed by atoms with Gasteiger partial charge in [-0.25, -0.2) is 9.78 Å². The van der Waals surface area contributed by atoms with E-state index < -0.39 is 0 Å². The van der Waals surface area contributed by atoms with E-state index in [1.54, 1.807) is 20.3 Å². The topological polar surface area (TPSA) is 75.7 Å². The largest absolute Gasteiger partial charge is 0.497 e. The first-order valence-electron chi connectivity index (χ1n) is 9.30. The van der Waals surface area contributed by atoms with Crippen molar-refractivity contribution in [1.29, 1.82) is 0 Å². The van der Waals surface area contributed by atoms with Crippen molar-refractivity contribution < 1.29 is 14.3 Å². The maximum atomic E-state index is 12.4. The number of ether oxygens (including phenoxy) is 2. The number of carbonyl (C=O) groups is 1. The zero-order valence-corrected chi connectivity index (χ0v) is 17.1. The minimum atomic E-state index is -0.258. The smallest absolute Gasteiger partial charge is 0.319 e. The normalized spacial score (nSPS) is 11.9. The highest BCUT2D eigenvalue weighted by molar-refractivity contribution is 5.92. The van der Waals surface area contributed by atoms with E-state index in [1.165, 1.54) is 0 Å². The summed E-state index contributed by atoms with van der Waals surface area (Å²) in [6.45, 7) is 0.470. The van der Waals surface area contributed by atoms with Crippen LogP contribution in [0.4, 0.5) is 10.5 Å². The molecule has 29 heavy (non-hydrogen) atoms. The van der Waals surface area contributed by atoms with E-state index in [-0.39, 0.29) is 12.1 Å². The second-order valence-electron chi connectivity index (χ2n) is 6.85. The van der Waals surface area contributed by atoms with Gasteiger partial charge in [-0.2, -0.15) is 0 Å². The van der Waals surface area contributed by atoms with Crippen LogP contribution < -0.4 is 20.1 Å². The number of fused-ring (bicyclic) bond motifs is 1. The standard InChI is InChI=1S/C22H26N4O3/c1-26(2)20(15-5-9-18(28-3)10-6-15)14-23-22(27)24-17-8-11-19-16(13-17)7-12-21(25-19)29-4/h5-13,20H,14H2,1-4H3,(H2,23,24,27). The highest BCUT2D eigenvalue weighted by Gasteiger charge is 2.15. The Morgan fingerprint density at radius 3 is 2.45 bits per heavy atom. The van der Waals surface area contributed by atoms with Crippen LogP contribution in [0.15, 0.2) is 54.6 Å². The summed E-state index contributed by atoms with van der Waals surface area (Å²) in [7, 11) is 7.20. The molecule has 2 amide bonds. The first-order chi connectivity index (χ1) is 14.0. The molecule has 7 heteroatoms. The quantitative estimate of drug-likeness (QED) is 0.639. The molecule has 0 bridgehead atoms. The number of pyridine rings is 1. The maximum absolute atomic E-state index is 12.4. The molecule has 1 unspecified atom stereocenters. The minimum absolute atomic E-state index is 0.0416. The van der Waals surface area contributed by atoms with Gasteiger partial charge in [0.2, 0.25) is 5.88 Å². The van der Waals surface area contributed by atoms with Crippen molar-refractivity contribution in [3.63, 3.8) is 0 Å². The number of nitrogens with one attached hydrogen (secondary N) is 2. The predicted octanol–water partition coefficient (Wildman–Crippen LogP) is 3.68. The summed E-state index contributed by atoms with van der Waals surface area (Å²) in [5.74, 6) is 1.37. The summed E-state index contributed by atoms with van der Waals surface area (Å²) < 4.78 is 10.4. The number of nitrogens with zero attached hydrogens (tertiary/aromatic N) is 2. The van der Waals surface area contributed by atoms with E-state index in [1.807, 2.05) is 62.6 Å². The van der Waals surface area contributed by atoms with Crippen molar-refractivity contribution in [3.8, 4) is 11.6 Å². The van der Waals surface area contributed by atoms with Gasteiger partial charge in [0.05, 0.1) is 25.8 Å². The number of methoxy groups -OCH3 is 2. The number of rotatable bonds is 7. The molecule has 1 atom stereocenters. The molecule has 0 aliphatic heterocycles. The maximum Gasteiger partial charge on any atom is 0.319 e. The second-order valence-corrected chi connectivity index (χ2v) is 6.85. The Bertz CT molecular complexity index is 973. The Balaban J connectivity index is 1.63. The summed E-state index contributed by atoms with van der Waals surface area (Å²) in [4.78, 5) is 18.9. The molecule has 0 saturated heterocycles. The lowest BCUT2D eigenvalue weighted by Crippen LogP contribution is -2.36. The molecule has 0 saturated carbocycles. The summed E-state index contributed by atoms with van der Waals surface area (Å²) in [6.07, 6.45) is 0. The van der Waals surface area contributed by atoms with E-state index in [4.69, 9.17) is 9.47 Å². The third-order valence-corrected chi connectivity index (χ3v) is 4.71. The lowest BCUT2D eigenvalue weighted by Gasteiger charge is -2.25. The first kappa shape index (κ1) is 20.4. The molecule has 0 aliphatic carbocycles. The number of amides is 2. The molecular formula is C22H26N4O3. The monoisotopic (exact) mass is 394 g/mol. The zero-order valence-electron chi connectivity index (χ0n) is 17.1. The Morgan fingerprint density at radius 2 is 1.79 bits per heavy atom. The van der Waals surface area contributed by atoms with Crippen molar-refractivity contribution in [2.75, 3.05) is 40.2 Å². The predicted molar refractivity (Wildman–Crippen MR) is 115 cm³/mol. The SMILES string of the molecule is COc1ccc(C(CNC(=O)Nc2ccc3nc(OC)ccc3c2)N(C)C)cc1. The van der Waals surface area contributed by atoms with Gasteiger partial charge in [-0.3, -0.25) is 0 Å². The first-order valence-corrected chi connectivity index (χ1v) is 9.30. The molecule has 0 aliphatic rings. The van der Waals surface area contributed by atoms with Gasteiger partial charge in [0.1, 0.15) is 5.75 Å². The molecular weight excluding hydrogens is 368 g/mol. The number of carbonyl (C=O) groups excluding carboxylic acids is 1. The fourth-order valence-corrected chi connectivity index (χ4v) is 3.09. The fourth-order valence-electron chi connectivity index (χ4n) is 3.09. The van der Waals surface area contributed by atoms with Crippen LogP contribution >= 0.6 is 0 Å².